The predicted molar refractivity (Wildman–Crippen MR) is 94.9 cm³/mol. The smallest absolute Gasteiger partial charge is 0.224 e. The number of anilines is 1. The third kappa shape index (κ3) is 3.56. The third-order valence-corrected chi connectivity index (χ3v) is 5.99. The van der Waals surface area contributed by atoms with Gasteiger partial charge >= 0.3 is 0 Å². The van der Waals surface area contributed by atoms with E-state index in [0.29, 0.717) is 28.6 Å². The summed E-state index contributed by atoms with van der Waals surface area (Å²) in [5, 5.41) is 7.48. The van der Waals surface area contributed by atoms with Gasteiger partial charge in [-0.2, -0.15) is 5.10 Å². The van der Waals surface area contributed by atoms with Crippen LogP contribution in [0, 0.1) is 23.6 Å². The number of amides is 1. The van der Waals surface area contributed by atoms with Gasteiger partial charge in [0.25, 0.3) is 0 Å². The van der Waals surface area contributed by atoms with Crippen LogP contribution in [0.15, 0.2) is 30.6 Å². The van der Waals surface area contributed by atoms with Crippen LogP contribution in [0.5, 0.6) is 0 Å². The van der Waals surface area contributed by atoms with Crippen LogP contribution in [0.2, 0.25) is 5.02 Å². The molecule has 1 amide bonds. The minimum absolute atomic E-state index is 0.0426. The van der Waals surface area contributed by atoms with E-state index < -0.39 is 0 Å². The Hall–Kier alpha value is -1.88. The first-order valence-electron chi connectivity index (χ1n) is 8.83. The molecule has 2 fully saturated rings. The van der Waals surface area contributed by atoms with Gasteiger partial charge in [-0.1, -0.05) is 24.1 Å². The highest BCUT2D eigenvalue weighted by Crippen LogP contribution is 2.49. The van der Waals surface area contributed by atoms with E-state index in [-0.39, 0.29) is 18.3 Å². The average Bonchev–Trinajstić information content (AvgIpc) is 3.28. The maximum atomic E-state index is 13.9. The SMILES string of the molecule is O=C(CC1CC2CCC1C2)Nc1cnn(Cc2c(F)cccc2Cl)c1. The molecule has 0 spiro atoms. The number of halogens is 2. The van der Waals surface area contributed by atoms with E-state index in [1.807, 2.05) is 0 Å². The fourth-order valence-corrected chi connectivity index (χ4v) is 4.66. The Morgan fingerprint density at radius 2 is 2.24 bits per heavy atom. The lowest BCUT2D eigenvalue weighted by atomic mass is 9.86. The fourth-order valence-electron chi connectivity index (χ4n) is 4.44. The van der Waals surface area contributed by atoms with Gasteiger partial charge in [-0.25, -0.2) is 4.39 Å². The molecule has 6 heteroatoms. The molecule has 2 bridgehead atoms. The topological polar surface area (TPSA) is 46.9 Å². The molecule has 1 N–H and O–H groups in total. The number of hydrogen-bond donors (Lipinski definition) is 1. The molecule has 132 valence electrons. The quantitative estimate of drug-likeness (QED) is 0.852. The summed E-state index contributed by atoms with van der Waals surface area (Å²) < 4.78 is 15.4. The van der Waals surface area contributed by atoms with Crippen LogP contribution in [0.25, 0.3) is 0 Å². The van der Waals surface area contributed by atoms with Crippen LogP contribution in [0.1, 0.15) is 37.7 Å². The van der Waals surface area contributed by atoms with Gasteiger partial charge in [0.05, 0.1) is 18.4 Å². The van der Waals surface area contributed by atoms with Crippen molar-refractivity contribution in [3.8, 4) is 0 Å². The van der Waals surface area contributed by atoms with E-state index in [9.17, 15) is 9.18 Å². The molecular formula is C19H21ClFN3O. The Kier molecular flexibility index (Phi) is 4.50. The van der Waals surface area contributed by atoms with Crippen molar-refractivity contribution in [3.05, 3.63) is 47.0 Å². The normalized spacial score (nSPS) is 24.6. The largest absolute Gasteiger partial charge is 0.323 e. The van der Waals surface area contributed by atoms with Crippen molar-refractivity contribution in [1.82, 2.24) is 9.78 Å². The summed E-state index contributed by atoms with van der Waals surface area (Å²) in [6.45, 7) is 0.230. The molecule has 0 aliphatic heterocycles. The molecular weight excluding hydrogens is 341 g/mol. The van der Waals surface area contributed by atoms with E-state index in [1.54, 1.807) is 29.2 Å². The summed E-state index contributed by atoms with van der Waals surface area (Å²) >= 11 is 6.05. The zero-order chi connectivity index (χ0) is 17.4. The summed E-state index contributed by atoms with van der Waals surface area (Å²) in [4.78, 5) is 12.3. The van der Waals surface area contributed by atoms with Gasteiger partial charge in [0.1, 0.15) is 5.82 Å². The number of carbonyl (C=O) groups is 1. The first-order valence-corrected chi connectivity index (χ1v) is 9.21. The zero-order valence-electron chi connectivity index (χ0n) is 13.9. The van der Waals surface area contributed by atoms with Crippen LogP contribution in [0.3, 0.4) is 0 Å². The first kappa shape index (κ1) is 16.6. The van der Waals surface area contributed by atoms with Crippen molar-refractivity contribution in [2.45, 2.75) is 38.6 Å². The van der Waals surface area contributed by atoms with Crippen LogP contribution in [-0.2, 0) is 11.3 Å². The van der Waals surface area contributed by atoms with Crippen LogP contribution in [0.4, 0.5) is 10.1 Å². The lowest BCUT2D eigenvalue weighted by molar-refractivity contribution is -0.117. The maximum absolute atomic E-state index is 13.9. The number of aromatic nitrogens is 2. The zero-order valence-corrected chi connectivity index (χ0v) is 14.7. The molecule has 3 unspecified atom stereocenters. The van der Waals surface area contributed by atoms with Gasteiger partial charge in [-0.05, 0) is 49.1 Å². The fraction of sp³-hybridized carbons (Fsp3) is 0.474. The Bertz CT molecular complexity index is 770. The number of carbonyl (C=O) groups excluding carboxylic acids is 1. The Morgan fingerprint density at radius 1 is 1.36 bits per heavy atom. The summed E-state index contributed by atoms with van der Waals surface area (Å²) in [6.07, 6.45) is 9.01. The molecule has 1 aromatic carbocycles. The van der Waals surface area contributed by atoms with Crippen LogP contribution in [-0.4, -0.2) is 15.7 Å². The average molecular weight is 362 g/mol. The molecule has 1 heterocycles. The highest BCUT2D eigenvalue weighted by molar-refractivity contribution is 6.31. The van der Waals surface area contributed by atoms with Gasteiger partial charge in [-0.15, -0.1) is 0 Å². The minimum atomic E-state index is -0.357. The molecule has 0 saturated heterocycles. The van der Waals surface area contributed by atoms with Gasteiger partial charge in [0.15, 0.2) is 0 Å². The van der Waals surface area contributed by atoms with E-state index in [0.717, 1.165) is 11.8 Å². The Balaban J connectivity index is 1.36. The molecule has 25 heavy (non-hydrogen) atoms. The number of nitrogens with one attached hydrogen (secondary N) is 1. The number of fused-ring (bicyclic) bond motifs is 2. The second-order valence-corrected chi connectivity index (χ2v) is 7.72. The Morgan fingerprint density at radius 3 is 2.96 bits per heavy atom. The summed E-state index contributed by atoms with van der Waals surface area (Å²) in [6, 6.07) is 4.61. The molecule has 2 aliphatic rings. The molecule has 1 aromatic heterocycles. The number of benzene rings is 1. The second kappa shape index (κ2) is 6.79. The highest BCUT2D eigenvalue weighted by Gasteiger charge is 2.40. The van der Waals surface area contributed by atoms with Crippen molar-refractivity contribution < 1.29 is 9.18 Å². The van der Waals surface area contributed by atoms with E-state index >= 15 is 0 Å². The van der Waals surface area contributed by atoms with E-state index in [4.69, 9.17) is 11.6 Å². The van der Waals surface area contributed by atoms with Crippen LogP contribution >= 0.6 is 11.6 Å². The lowest BCUT2D eigenvalue weighted by Gasteiger charge is -2.20. The summed E-state index contributed by atoms with van der Waals surface area (Å²) in [5.41, 5.74) is 1.03. The molecule has 4 rings (SSSR count). The Labute approximate surface area is 151 Å². The summed E-state index contributed by atoms with van der Waals surface area (Å²) in [5.74, 6) is 1.80. The van der Waals surface area contributed by atoms with Crippen molar-refractivity contribution in [2.24, 2.45) is 17.8 Å². The van der Waals surface area contributed by atoms with Crippen molar-refractivity contribution in [2.75, 3.05) is 5.32 Å². The molecule has 2 saturated carbocycles. The third-order valence-electron chi connectivity index (χ3n) is 5.63. The monoisotopic (exact) mass is 361 g/mol. The summed E-state index contributed by atoms with van der Waals surface area (Å²) in [7, 11) is 0. The predicted octanol–water partition coefficient (Wildman–Crippen LogP) is 4.49. The van der Waals surface area contributed by atoms with Gasteiger partial charge in [-0.3, -0.25) is 9.48 Å². The maximum Gasteiger partial charge on any atom is 0.224 e. The molecule has 0 radical (unpaired) electrons. The van der Waals surface area contributed by atoms with Crippen LogP contribution < -0.4 is 5.32 Å². The number of rotatable bonds is 5. The first-order chi connectivity index (χ1) is 12.1. The molecule has 2 aromatic rings. The van der Waals surface area contributed by atoms with E-state index in [2.05, 4.69) is 10.4 Å². The molecule has 3 atom stereocenters. The van der Waals surface area contributed by atoms with Crippen molar-refractivity contribution >= 4 is 23.2 Å². The van der Waals surface area contributed by atoms with Gasteiger partial charge < -0.3 is 5.32 Å². The van der Waals surface area contributed by atoms with E-state index in [1.165, 1.54) is 31.7 Å². The number of nitrogens with zero attached hydrogens (tertiary/aromatic N) is 2. The highest BCUT2D eigenvalue weighted by atomic mass is 35.5. The second-order valence-electron chi connectivity index (χ2n) is 7.31. The van der Waals surface area contributed by atoms with Crippen molar-refractivity contribution in [3.63, 3.8) is 0 Å². The van der Waals surface area contributed by atoms with Crippen molar-refractivity contribution in [1.29, 1.82) is 0 Å². The standard InChI is InChI=1S/C19H21ClFN3O/c20-17-2-1-3-18(21)16(17)11-24-10-15(9-22-24)23-19(25)8-14-7-12-4-5-13(14)6-12/h1-3,9-10,12-14H,4-8,11H2,(H,23,25). The number of hydrogen-bond acceptors (Lipinski definition) is 2. The molecule has 4 nitrogen and oxygen atoms in total. The van der Waals surface area contributed by atoms with Gasteiger partial charge in [0.2, 0.25) is 5.91 Å². The molecule has 2 aliphatic carbocycles. The lowest BCUT2D eigenvalue weighted by Crippen LogP contribution is -2.20. The van der Waals surface area contributed by atoms with Gasteiger partial charge in [0, 0.05) is 23.2 Å². The minimum Gasteiger partial charge on any atom is -0.323 e.